The van der Waals surface area contributed by atoms with E-state index in [1.54, 1.807) is 12.3 Å². The van der Waals surface area contributed by atoms with Crippen LogP contribution in [0.5, 0.6) is 11.6 Å². The number of ether oxygens (including phenoxy) is 2. The van der Waals surface area contributed by atoms with Gasteiger partial charge >= 0.3 is 0 Å². The molecule has 4 aromatic rings. The van der Waals surface area contributed by atoms with E-state index in [0.717, 1.165) is 42.5 Å². The minimum Gasteiger partial charge on any atom is -0.491 e. The van der Waals surface area contributed by atoms with Crippen LogP contribution in [0.25, 0.3) is 22.6 Å². The molecule has 8 nitrogen and oxygen atoms in total. The van der Waals surface area contributed by atoms with Gasteiger partial charge in [-0.15, -0.1) is 0 Å². The Morgan fingerprint density at radius 2 is 1.91 bits per heavy atom. The number of fused-ring (bicyclic) bond motifs is 1. The van der Waals surface area contributed by atoms with Crippen LogP contribution >= 0.6 is 11.6 Å². The van der Waals surface area contributed by atoms with E-state index in [-0.39, 0.29) is 12.2 Å². The van der Waals surface area contributed by atoms with Gasteiger partial charge in [-0.3, -0.25) is 4.98 Å². The molecule has 0 bridgehead atoms. The minimum absolute atomic E-state index is 0.203. The molecule has 9 heteroatoms. The summed E-state index contributed by atoms with van der Waals surface area (Å²) in [6.45, 7) is 4.83. The van der Waals surface area contributed by atoms with Crippen LogP contribution in [0.15, 0.2) is 42.9 Å². The van der Waals surface area contributed by atoms with Gasteiger partial charge in [-0.25, -0.2) is 9.97 Å². The predicted molar refractivity (Wildman–Crippen MR) is 132 cm³/mol. The maximum atomic E-state index is 10.1. The van der Waals surface area contributed by atoms with E-state index in [4.69, 9.17) is 26.1 Å². The van der Waals surface area contributed by atoms with Crippen LogP contribution in [0, 0.1) is 6.92 Å². The molecule has 2 fully saturated rings. The van der Waals surface area contributed by atoms with Gasteiger partial charge in [0.15, 0.2) is 11.2 Å². The molecule has 0 saturated heterocycles. The first-order chi connectivity index (χ1) is 16.8. The number of rotatable bonds is 8. The van der Waals surface area contributed by atoms with Crippen LogP contribution in [0.2, 0.25) is 5.02 Å². The van der Waals surface area contributed by atoms with Crippen molar-refractivity contribution in [3.8, 4) is 23.0 Å². The minimum atomic E-state index is -0.701. The summed E-state index contributed by atoms with van der Waals surface area (Å²) in [7, 11) is 0. The Morgan fingerprint density at radius 3 is 2.63 bits per heavy atom. The third-order valence-electron chi connectivity index (χ3n) is 6.60. The fourth-order valence-corrected chi connectivity index (χ4v) is 4.23. The standard InChI is InChI=1S/C26H26ClN5O3/c1-16-5-10-28-17(11-16)13-32-22(19-4-3-18(12-20(19)27)34-14-26(33)8-9-26)31-21-23(32)29-15-30-24(21)35-25(2)6-7-25/h3-5,10-12,15,33H,6-9,13-14H2,1-2H3. The number of aromatic nitrogens is 5. The van der Waals surface area contributed by atoms with Gasteiger partial charge < -0.3 is 19.1 Å². The molecule has 0 aliphatic heterocycles. The van der Waals surface area contributed by atoms with Crippen molar-refractivity contribution in [3.05, 3.63) is 59.1 Å². The molecule has 6 rings (SSSR count). The Balaban J connectivity index is 1.43. The van der Waals surface area contributed by atoms with Gasteiger partial charge in [0.2, 0.25) is 5.88 Å². The fraction of sp³-hybridized carbons (Fsp3) is 0.385. The number of hydrogen-bond acceptors (Lipinski definition) is 7. The van der Waals surface area contributed by atoms with Crippen LogP contribution in [0.1, 0.15) is 43.9 Å². The molecular formula is C26H26ClN5O3. The first kappa shape index (κ1) is 22.2. The van der Waals surface area contributed by atoms with Crippen molar-refractivity contribution in [2.75, 3.05) is 6.61 Å². The Bertz CT molecular complexity index is 1430. The summed E-state index contributed by atoms with van der Waals surface area (Å²) in [5.41, 5.74) is 3.09. The average molecular weight is 492 g/mol. The zero-order valence-electron chi connectivity index (χ0n) is 19.7. The van der Waals surface area contributed by atoms with Gasteiger partial charge in [0, 0.05) is 11.8 Å². The normalized spacial score (nSPS) is 17.4. The largest absolute Gasteiger partial charge is 0.491 e. The van der Waals surface area contributed by atoms with E-state index in [1.165, 1.54) is 6.33 Å². The molecule has 0 atom stereocenters. The number of nitrogens with zero attached hydrogens (tertiary/aromatic N) is 5. The van der Waals surface area contributed by atoms with Crippen molar-refractivity contribution in [1.29, 1.82) is 0 Å². The highest BCUT2D eigenvalue weighted by Crippen LogP contribution is 2.41. The first-order valence-corrected chi connectivity index (χ1v) is 12.2. The van der Waals surface area contributed by atoms with Crippen molar-refractivity contribution in [1.82, 2.24) is 24.5 Å². The summed E-state index contributed by atoms with van der Waals surface area (Å²) in [4.78, 5) is 18.4. The molecule has 3 aromatic heterocycles. The molecule has 0 amide bonds. The molecule has 0 radical (unpaired) electrons. The molecule has 180 valence electrons. The zero-order chi connectivity index (χ0) is 24.2. The quantitative estimate of drug-likeness (QED) is 0.380. The van der Waals surface area contributed by atoms with Gasteiger partial charge in [0.05, 0.1) is 22.9 Å². The van der Waals surface area contributed by atoms with E-state index in [1.807, 2.05) is 35.8 Å². The highest BCUT2D eigenvalue weighted by Gasteiger charge is 2.42. The number of pyridine rings is 1. The Kier molecular flexibility index (Phi) is 5.19. The van der Waals surface area contributed by atoms with Gasteiger partial charge in [0.25, 0.3) is 0 Å². The van der Waals surface area contributed by atoms with E-state index in [0.29, 0.717) is 40.2 Å². The van der Waals surface area contributed by atoms with Crippen LogP contribution in [-0.2, 0) is 6.54 Å². The van der Waals surface area contributed by atoms with Crippen LogP contribution in [0.3, 0.4) is 0 Å². The molecule has 3 heterocycles. The number of benzene rings is 1. The maximum absolute atomic E-state index is 10.1. The predicted octanol–water partition coefficient (Wildman–Crippen LogP) is 4.73. The molecule has 1 aromatic carbocycles. The average Bonchev–Trinajstić information content (AvgIpc) is 3.72. The molecular weight excluding hydrogens is 466 g/mol. The molecule has 2 aliphatic rings. The van der Waals surface area contributed by atoms with Gasteiger partial charge in [-0.2, -0.15) is 4.98 Å². The van der Waals surface area contributed by atoms with Crippen molar-refractivity contribution in [2.45, 2.75) is 57.3 Å². The van der Waals surface area contributed by atoms with Crippen molar-refractivity contribution < 1.29 is 14.6 Å². The lowest BCUT2D eigenvalue weighted by Gasteiger charge is -2.13. The van der Waals surface area contributed by atoms with Crippen LogP contribution < -0.4 is 9.47 Å². The monoisotopic (exact) mass is 491 g/mol. The van der Waals surface area contributed by atoms with Crippen molar-refractivity contribution in [3.63, 3.8) is 0 Å². The number of hydrogen-bond donors (Lipinski definition) is 1. The van der Waals surface area contributed by atoms with Gasteiger partial charge in [0.1, 0.15) is 30.1 Å². The smallest absolute Gasteiger partial charge is 0.245 e. The van der Waals surface area contributed by atoms with Crippen LogP contribution in [0.4, 0.5) is 0 Å². The molecule has 0 unspecified atom stereocenters. The van der Waals surface area contributed by atoms with E-state index in [9.17, 15) is 5.11 Å². The van der Waals surface area contributed by atoms with E-state index >= 15 is 0 Å². The lowest BCUT2D eigenvalue weighted by Crippen LogP contribution is -2.18. The van der Waals surface area contributed by atoms with E-state index in [2.05, 4.69) is 21.9 Å². The highest BCUT2D eigenvalue weighted by atomic mass is 35.5. The molecule has 35 heavy (non-hydrogen) atoms. The second-order valence-corrected chi connectivity index (χ2v) is 10.3. The summed E-state index contributed by atoms with van der Waals surface area (Å²) in [6.07, 6.45) is 6.81. The third-order valence-corrected chi connectivity index (χ3v) is 6.92. The maximum Gasteiger partial charge on any atom is 0.245 e. The number of halogens is 1. The summed E-state index contributed by atoms with van der Waals surface area (Å²) in [6, 6.07) is 9.49. The van der Waals surface area contributed by atoms with Crippen molar-refractivity contribution in [2.24, 2.45) is 0 Å². The molecule has 1 N–H and O–H groups in total. The first-order valence-electron chi connectivity index (χ1n) is 11.8. The lowest BCUT2D eigenvalue weighted by atomic mass is 10.2. The second-order valence-electron chi connectivity index (χ2n) is 9.90. The zero-order valence-corrected chi connectivity index (χ0v) is 20.4. The highest BCUT2D eigenvalue weighted by molar-refractivity contribution is 6.33. The lowest BCUT2D eigenvalue weighted by molar-refractivity contribution is 0.0856. The van der Waals surface area contributed by atoms with Crippen molar-refractivity contribution >= 4 is 22.8 Å². The Hall–Kier alpha value is -3.23. The number of imidazole rings is 1. The second kappa shape index (κ2) is 8.17. The van der Waals surface area contributed by atoms with Gasteiger partial charge in [-0.1, -0.05) is 11.6 Å². The number of aliphatic hydroxyl groups is 1. The summed E-state index contributed by atoms with van der Waals surface area (Å²) >= 11 is 6.73. The summed E-state index contributed by atoms with van der Waals surface area (Å²) in [5, 5.41) is 10.6. The van der Waals surface area contributed by atoms with Gasteiger partial charge in [-0.05, 0) is 75.4 Å². The Labute approximate surface area is 207 Å². The third kappa shape index (κ3) is 4.56. The summed E-state index contributed by atoms with van der Waals surface area (Å²) in [5.74, 6) is 1.72. The van der Waals surface area contributed by atoms with Crippen LogP contribution in [-0.4, -0.2) is 47.4 Å². The molecule has 2 saturated carbocycles. The number of aryl methyl sites for hydroxylation is 1. The Morgan fingerprint density at radius 1 is 1.09 bits per heavy atom. The fourth-order valence-electron chi connectivity index (χ4n) is 3.98. The molecule has 0 spiro atoms. The molecule has 2 aliphatic carbocycles. The van der Waals surface area contributed by atoms with E-state index < -0.39 is 5.60 Å². The topological polar surface area (TPSA) is 95.2 Å². The summed E-state index contributed by atoms with van der Waals surface area (Å²) < 4.78 is 14.0. The SMILES string of the molecule is Cc1ccnc(Cn2c(-c3ccc(OCC4(O)CC4)cc3Cl)nc3c(OC4(C)CC4)ncnc32)c1.